The summed E-state index contributed by atoms with van der Waals surface area (Å²) in [5.74, 6) is 0. The smallest absolute Gasteiger partial charge is 0.124 e. The number of nitrogens with zero attached hydrogens (tertiary/aromatic N) is 1. The van der Waals surface area contributed by atoms with Gasteiger partial charge in [-0.15, -0.1) is 11.3 Å². The lowest BCUT2D eigenvalue weighted by molar-refractivity contribution is 1.33. The predicted molar refractivity (Wildman–Crippen MR) is 76.9 cm³/mol. The topological polar surface area (TPSA) is 40.7 Å². The molecule has 0 atom stereocenters. The molecule has 0 spiro atoms. The molecule has 2 heterocycles. The van der Waals surface area contributed by atoms with E-state index < -0.39 is 0 Å². The van der Waals surface area contributed by atoms with E-state index in [0.717, 1.165) is 27.6 Å². The molecule has 0 radical (unpaired) electrons. The summed E-state index contributed by atoms with van der Waals surface area (Å²) in [6.45, 7) is 0. The van der Waals surface area contributed by atoms with Crippen LogP contribution in [0.2, 0.25) is 0 Å². The number of rotatable bonds is 3. The lowest BCUT2D eigenvalue weighted by Gasteiger charge is -2.00. The highest BCUT2D eigenvalue weighted by molar-refractivity contribution is 7.13. The molecule has 0 aliphatic carbocycles. The summed E-state index contributed by atoms with van der Waals surface area (Å²) in [5, 5.41) is 6.23. The fourth-order valence-corrected chi connectivity index (χ4v) is 2.63. The quantitative estimate of drug-likeness (QED) is 0.746. The number of thiazole rings is 1. The summed E-state index contributed by atoms with van der Waals surface area (Å²) in [6, 6.07) is 12.3. The van der Waals surface area contributed by atoms with E-state index in [9.17, 15) is 0 Å². The van der Waals surface area contributed by atoms with E-state index in [1.54, 1.807) is 11.3 Å². The molecule has 4 heteroatoms. The van der Waals surface area contributed by atoms with Crippen LogP contribution in [0.1, 0.15) is 0 Å². The summed E-state index contributed by atoms with van der Waals surface area (Å²) in [4.78, 5) is 7.82. The predicted octanol–water partition coefficient (Wildman–Crippen LogP) is 3.85. The first-order valence-corrected chi connectivity index (χ1v) is 6.62. The number of nitrogens with one attached hydrogen (secondary N) is 2. The Bertz CT molecular complexity index is 623. The van der Waals surface area contributed by atoms with Gasteiger partial charge in [0.05, 0.1) is 11.4 Å². The molecule has 2 aromatic heterocycles. The molecule has 3 rings (SSSR count). The van der Waals surface area contributed by atoms with Crippen molar-refractivity contribution in [1.82, 2.24) is 9.97 Å². The van der Waals surface area contributed by atoms with Crippen molar-refractivity contribution in [3.63, 3.8) is 0 Å². The first-order valence-electron chi connectivity index (χ1n) is 5.74. The molecule has 0 aliphatic heterocycles. The van der Waals surface area contributed by atoms with E-state index in [2.05, 4.69) is 44.9 Å². The molecule has 0 unspecified atom stereocenters. The Kier molecular flexibility index (Phi) is 2.86. The highest BCUT2D eigenvalue weighted by Crippen LogP contribution is 2.28. The molecule has 90 valence electrons. The zero-order valence-corrected chi connectivity index (χ0v) is 10.8. The molecule has 18 heavy (non-hydrogen) atoms. The van der Waals surface area contributed by atoms with Gasteiger partial charge in [-0.1, -0.05) is 0 Å². The largest absolute Gasteiger partial charge is 0.388 e. The number of hydrogen-bond acceptors (Lipinski definition) is 3. The SMILES string of the molecule is CNc1ccc(-c2nc(-c3ccc[nH]3)cs2)cc1. The molecule has 0 saturated carbocycles. The van der Waals surface area contributed by atoms with Crippen molar-refractivity contribution in [2.24, 2.45) is 0 Å². The second-order valence-electron chi connectivity index (χ2n) is 3.95. The van der Waals surface area contributed by atoms with E-state index in [0.29, 0.717) is 0 Å². The van der Waals surface area contributed by atoms with Gasteiger partial charge in [0.15, 0.2) is 0 Å². The summed E-state index contributed by atoms with van der Waals surface area (Å²) >= 11 is 1.66. The molecule has 0 fully saturated rings. The Labute approximate surface area is 110 Å². The van der Waals surface area contributed by atoms with Crippen molar-refractivity contribution >= 4 is 17.0 Å². The second kappa shape index (κ2) is 4.66. The summed E-state index contributed by atoms with van der Waals surface area (Å²) < 4.78 is 0. The molecule has 0 aliphatic rings. The highest BCUT2D eigenvalue weighted by Gasteiger charge is 2.06. The Hall–Kier alpha value is -2.07. The fraction of sp³-hybridized carbons (Fsp3) is 0.0714. The summed E-state index contributed by atoms with van der Waals surface area (Å²) in [7, 11) is 1.92. The maximum absolute atomic E-state index is 4.65. The minimum atomic E-state index is 0.998. The first kappa shape index (κ1) is 11.0. The Balaban J connectivity index is 1.92. The Morgan fingerprint density at radius 3 is 2.67 bits per heavy atom. The van der Waals surface area contributed by atoms with Crippen molar-refractivity contribution in [3.05, 3.63) is 48.0 Å². The van der Waals surface area contributed by atoms with Gasteiger partial charge in [-0.3, -0.25) is 0 Å². The van der Waals surface area contributed by atoms with Gasteiger partial charge in [0, 0.05) is 29.9 Å². The lowest BCUT2D eigenvalue weighted by atomic mass is 10.2. The molecule has 3 aromatic rings. The number of anilines is 1. The van der Waals surface area contributed by atoms with Crippen molar-refractivity contribution < 1.29 is 0 Å². The van der Waals surface area contributed by atoms with Crippen LogP contribution in [-0.2, 0) is 0 Å². The molecule has 0 saturated heterocycles. The second-order valence-corrected chi connectivity index (χ2v) is 4.81. The summed E-state index contributed by atoms with van der Waals surface area (Å²) in [5.41, 5.74) is 4.32. The molecule has 2 N–H and O–H groups in total. The number of aromatic amines is 1. The van der Waals surface area contributed by atoms with Gasteiger partial charge in [-0.2, -0.15) is 0 Å². The zero-order chi connectivity index (χ0) is 12.4. The summed E-state index contributed by atoms with van der Waals surface area (Å²) in [6.07, 6.45) is 1.91. The molecule has 1 aromatic carbocycles. The van der Waals surface area contributed by atoms with Crippen LogP contribution in [0, 0.1) is 0 Å². The monoisotopic (exact) mass is 255 g/mol. The van der Waals surface area contributed by atoms with Crippen LogP contribution >= 0.6 is 11.3 Å². The van der Waals surface area contributed by atoms with Crippen LogP contribution in [0.5, 0.6) is 0 Å². The van der Waals surface area contributed by atoms with Crippen molar-refractivity contribution in [2.45, 2.75) is 0 Å². The van der Waals surface area contributed by atoms with Crippen LogP contribution in [-0.4, -0.2) is 17.0 Å². The molecule has 0 bridgehead atoms. The van der Waals surface area contributed by atoms with Gasteiger partial charge < -0.3 is 10.3 Å². The number of H-pyrrole nitrogens is 1. The number of aromatic nitrogens is 2. The van der Waals surface area contributed by atoms with Gasteiger partial charge in [-0.25, -0.2) is 4.98 Å². The van der Waals surface area contributed by atoms with Gasteiger partial charge in [-0.05, 0) is 36.4 Å². The van der Waals surface area contributed by atoms with E-state index in [4.69, 9.17) is 0 Å². The van der Waals surface area contributed by atoms with Crippen LogP contribution in [0.3, 0.4) is 0 Å². The van der Waals surface area contributed by atoms with Crippen LogP contribution in [0.15, 0.2) is 48.0 Å². The van der Waals surface area contributed by atoms with Crippen LogP contribution in [0.4, 0.5) is 5.69 Å². The maximum atomic E-state index is 4.65. The number of hydrogen-bond donors (Lipinski definition) is 2. The molecule has 0 amide bonds. The van der Waals surface area contributed by atoms with Crippen molar-refractivity contribution in [3.8, 4) is 22.0 Å². The zero-order valence-electron chi connectivity index (χ0n) is 9.97. The minimum absolute atomic E-state index is 0.998. The van der Waals surface area contributed by atoms with Gasteiger partial charge in [0.25, 0.3) is 0 Å². The maximum Gasteiger partial charge on any atom is 0.124 e. The van der Waals surface area contributed by atoms with Crippen molar-refractivity contribution in [2.75, 3.05) is 12.4 Å². The lowest BCUT2D eigenvalue weighted by Crippen LogP contribution is -1.86. The average molecular weight is 255 g/mol. The molecule has 3 nitrogen and oxygen atoms in total. The minimum Gasteiger partial charge on any atom is -0.388 e. The molecular formula is C14H13N3S. The van der Waals surface area contributed by atoms with E-state index >= 15 is 0 Å². The van der Waals surface area contributed by atoms with E-state index in [1.807, 2.05) is 25.4 Å². The van der Waals surface area contributed by atoms with E-state index in [-0.39, 0.29) is 0 Å². The third-order valence-electron chi connectivity index (χ3n) is 2.80. The Morgan fingerprint density at radius 1 is 1.17 bits per heavy atom. The van der Waals surface area contributed by atoms with Crippen LogP contribution < -0.4 is 5.32 Å². The number of benzene rings is 1. The van der Waals surface area contributed by atoms with Crippen LogP contribution in [0.25, 0.3) is 22.0 Å². The first-order chi connectivity index (χ1) is 8.86. The van der Waals surface area contributed by atoms with Gasteiger partial charge in [0.2, 0.25) is 0 Å². The Morgan fingerprint density at radius 2 is 2.00 bits per heavy atom. The third kappa shape index (κ3) is 2.02. The fourth-order valence-electron chi connectivity index (χ4n) is 1.80. The standard InChI is InChI=1S/C14H13N3S/c1-15-11-6-4-10(5-7-11)14-17-13(9-18-14)12-3-2-8-16-12/h2-9,15-16H,1H3. The van der Waals surface area contributed by atoms with E-state index in [1.165, 1.54) is 0 Å². The normalized spacial score (nSPS) is 10.5. The highest BCUT2D eigenvalue weighted by atomic mass is 32.1. The van der Waals surface area contributed by atoms with Gasteiger partial charge >= 0.3 is 0 Å². The molecular weight excluding hydrogens is 242 g/mol. The van der Waals surface area contributed by atoms with Gasteiger partial charge in [0.1, 0.15) is 5.01 Å². The van der Waals surface area contributed by atoms with Crippen molar-refractivity contribution in [1.29, 1.82) is 0 Å². The third-order valence-corrected chi connectivity index (χ3v) is 3.69. The average Bonchev–Trinajstić information content (AvgIpc) is 3.09.